The number of halogens is 3. The van der Waals surface area contributed by atoms with Crippen molar-refractivity contribution in [1.29, 1.82) is 0 Å². The molecule has 2 atom stereocenters. The summed E-state index contributed by atoms with van der Waals surface area (Å²) in [5, 5.41) is 4.87. The first-order valence-electron chi connectivity index (χ1n) is 20.2. The summed E-state index contributed by atoms with van der Waals surface area (Å²) in [5.41, 5.74) is 0.589. The lowest BCUT2D eigenvalue weighted by atomic mass is 9.75. The fourth-order valence-corrected chi connectivity index (χ4v) is 12.8. The smallest absolute Gasteiger partial charge is 0.308 e. The van der Waals surface area contributed by atoms with Crippen molar-refractivity contribution in [3.05, 3.63) is 125 Å². The molecule has 0 unspecified atom stereocenters. The number of aromatic nitrogens is 4. The number of hydrogen-bond donors (Lipinski definition) is 0. The number of aryl methyl sites for hydroxylation is 3. The van der Waals surface area contributed by atoms with Crippen molar-refractivity contribution in [2.75, 3.05) is 18.6 Å². The van der Waals surface area contributed by atoms with Gasteiger partial charge in [0.15, 0.2) is 33.1 Å². The van der Waals surface area contributed by atoms with Gasteiger partial charge in [0.05, 0.1) is 45.3 Å². The number of methoxy groups -OCH3 is 1. The summed E-state index contributed by atoms with van der Waals surface area (Å²) in [6.45, 7) is 9.31. The number of carbonyl (C=O) groups excluding carboxylic acids is 1. The molecule has 2 aromatic heterocycles. The Bertz CT molecular complexity index is 2930. The van der Waals surface area contributed by atoms with Crippen LogP contribution in [-0.4, -0.2) is 60.2 Å². The zero-order valence-corrected chi connectivity index (χ0v) is 38.1. The van der Waals surface area contributed by atoms with Gasteiger partial charge >= 0.3 is 5.97 Å². The second-order valence-corrected chi connectivity index (χ2v) is 22.4. The van der Waals surface area contributed by atoms with E-state index in [0.717, 1.165) is 34.6 Å². The van der Waals surface area contributed by atoms with E-state index in [1.807, 2.05) is 45.0 Å². The summed E-state index contributed by atoms with van der Waals surface area (Å²) < 4.78 is 112. The van der Waals surface area contributed by atoms with Crippen molar-refractivity contribution >= 4 is 48.5 Å². The van der Waals surface area contributed by atoms with Crippen LogP contribution in [0.25, 0.3) is 22.3 Å². The summed E-state index contributed by atoms with van der Waals surface area (Å²) in [6.07, 6.45) is 2.83. The minimum absolute atomic E-state index is 0.0364. The van der Waals surface area contributed by atoms with E-state index in [1.165, 1.54) is 48.2 Å². The Morgan fingerprint density at radius 1 is 0.984 bits per heavy atom. The van der Waals surface area contributed by atoms with E-state index in [1.54, 1.807) is 33.0 Å². The van der Waals surface area contributed by atoms with Crippen LogP contribution in [0, 0.1) is 35.7 Å². The maximum absolute atomic E-state index is 16.7. The largest absolute Gasteiger partial charge is 0.469 e. The number of nitrogens with zero attached hydrogens (tertiary/aromatic N) is 4. The van der Waals surface area contributed by atoms with Gasteiger partial charge in [-0.15, -0.1) is 0 Å². The summed E-state index contributed by atoms with van der Waals surface area (Å²) in [6, 6.07) is 19.1. The molecule has 0 fully saturated rings. The summed E-state index contributed by atoms with van der Waals surface area (Å²) in [5.74, 6) is -4.21. The molecule has 3 heterocycles. The number of ether oxygens (including phenoxy) is 1. The highest BCUT2D eigenvalue weighted by Crippen LogP contribution is 2.43. The van der Waals surface area contributed by atoms with Crippen molar-refractivity contribution in [1.82, 2.24) is 18.7 Å². The Kier molecular flexibility index (Phi) is 12.4. The van der Waals surface area contributed by atoms with Crippen molar-refractivity contribution in [3.63, 3.8) is 0 Å². The van der Waals surface area contributed by atoms with E-state index >= 15 is 13.2 Å². The highest BCUT2D eigenvalue weighted by atomic mass is 32.2. The second-order valence-electron chi connectivity index (χ2n) is 17.3. The number of sulfone groups is 1. The summed E-state index contributed by atoms with van der Waals surface area (Å²) in [4.78, 5) is 17.1. The Balaban J connectivity index is 1.38. The average Bonchev–Trinajstić information content (AvgIpc) is 3.84. The fraction of sp³-hybridized carbons (Fsp3) is 0.370. The minimum atomic E-state index is -4.40. The van der Waals surface area contributed by atoms with Gasteiger partial charge in [-0.3, -0.25) is 4.79 Å². The first-order valence-corrected chi connectivity index (χ1v) is 24.3. The first-order chi connectivity index (χ1) is 29.1. The van der Waals surface area contributed by atoms with E-state index in [4.69, 9.17) is 14.8 Å². The SMILES string of the molecule is COC(=O)[C@@H](C)Cc1cccc([C@@]2(C)CCCC(C)(C)CS(=O)(=O)CCc3c(c(F)c(F)c4c3ccn4S(=O)(=O)c3ccc(C)cc3)Sc3ccc(F)c(c3)-c3nc2nn3C)c1. The number of rotatable bonds is 6. The second kappa shape index (κ2) is 17.0. The topological polar surface area (TPSA) is 130 Å². The molecule has 16 heteroatoms. The Labute approximate surface area is 364 Å². The van der Waals surface area contributed by atoms with Crippen LogP contribution in [0.4, 0.5) is 13.2 Å². The molecule has 1 aliphatic rings. The highest BCUT2D eigenvalue weighted by Gasteiger charge is 2.37. The van der Waals surface area contributed by atoms with E-state index in [2.05, 4.69) is 0 Å². The van der Waals surface area contributed by atoms with Gasteiger partial charge in [-0.2, -0.15) is 5.10 Å². The Morgan fingerprint density at radius 3 is 2.42 bits per heavy atom. The molecular weight excluding hydrogens is 858 g/mol. The van der Waals surface area contributed by atoms with E-state index < -0.39 is 65.3 Å². The molecule has 1 aliphatic heterocycles. The van der Waals surface area contributed by atoms with Crippen molar-refractivity contribution in [2.24, 2.45) is 18.4 Å². The van der Waals surface area contributed by atoms with Gasteiger partial charge < -0.3 is 4.74 Å². The van der Waals surface area contributed by atoms with Gasteiger partial charge in [-0.1, -0.05) is 80.9 Å². The molecule has 0 aliphatic carbocycles. The van der Waals surface area contributed by atoms with Gasteiger partial charge in [0.25, 0.3) is 10.0 Å². The van der Waals surface area contributed by atoms with Gasteiger partial charge in [-0.25, -0.2) is 43.6 Å². The molecule has 7 rings (SSSR count). The Morgan fingerprint density at radius 2 is 1.71 bits per heavy atom. The van der Waals surface area contributed by atoms with Gasteiger partial charge in [0.1, 0.15) is 11.3 Å². The van der Waals surface area contributed by atoms with Crippen LogP contribution in [0.1, 0.15) is 75.0 Å². The number of fused-ring (bicyclic) bond motifs is 8. The van der Waals surface area contributed by atoms with Gasteiger partial charge in [0.2, 0.25) is 0 Å². The van der Waals surface area contributed by atoms with E-state index in [-0.39, 0.29) is 55.2 Å². The van der Waals surface area contributed by atoms with Crippen molar-refractivity contribution in [3.8, 4) is 11.4 Å². The third-order valence-electron chi connectivity index (χ3n) is 11.8. The van der Waals surface area contributed by atoms with E-state index in [0.29, 0.717) is 35.5 Å². The number of hydrogen-bond acceptors (Lipinski definition) is 9. The zero-order valence-electron chi connectivity index (χ0n) is 35.6. The third kappa shape index (κ3) is 8.82. The lowest BCUT2D eigenvalue weighted by molar-refractivity contribution is -0.144. The highest BCUT2D eigenvalue weighted by molar-refractivity contribution is 7.99. The quantitative estimate of drug-likeness (QED) is 0.150. The molecule has 0 saturated carbocycles. The number of carbonyl (C=O) groups is 1. The molecule has 328 valence electrons. The molecule has 0 saturated heterocycles. The van der Waals surface area contributed by atoms with Gasteiger partial charge in [-0.05, 0) is 98.0 Å². The van der Waals surface area contributed by atoms with Crippen LogP contribution < -0.4 is 0 Å². The van der Waals surface area contributed by atoms with Crippen molar-refractivity contribution in [2.45, 2.75) is 86.8 Å². The molecule has 0 N–H and O–H groups in total. The van der Waals surface area contributed by atoms with Crippen LogP contribution in [-0.2, 0) is 54.7 Å². The first kappa shape index (κ1) is 45.1. The molecule has 4 aromatic carbocycles. The maximum Gasteiger partial charge on any atom is 0.308 e. The van der Waals surface area contributed by atoms with Gasteiger partial charge in [0, 0.05) is 23.5 Å². The van der Waals surface area contributed by atoms with Crippen LogP contribution in [0.3, 0.4) is 0 Å². The van der Waals surface area contributed by atoms with Crippen LogP contribution in [0.5, 0.6) is 0 Å². The van der Waals surface area contributed by atoms with Crippen molar-refractivity contribution < 1.29 is 39.5 Å². The van der Waals surface area contributed by atoms with E-state index in [9.17, 15) is 21.6 Å². The molecule has 10 nitrogen and oxygen atoms in total. The minimum Gasteiger partial charge on any atom is -0.469 e. The fourth-order valence-electron chi connectivity index (χ4n) is 8.40. The normalized spacial score (nSPS) is 18.7. The van der Waals surface area contributed by atoms with Crippen LogP contribution in [0.15, 0.2) is 93.7 Å². The lowest BCUT2D eigenvalue weighted by Crippen LogP contribution is -2.29. The molecule has 0 spiro atoms. The molecule has 4 bridgehead atoms. The zero-order chi connectivity index (χ0) is 44.9. The monoisotopic (exact) mass is 906 g/mol. The lowest BCUT2D eigenvalue weighted by Gasteiger charge is -2.31. The summed E-state index contributed by atoms with van der Waals surface area (Å²) in [7, 11) is -5.25. The third-order valence-corrected chi connectivity index (χ3v) is 16.7. The maximum atomic E-state index is 16.7. The molecule has 62 heavy (non-hydrogen) atoms. The molecule has 0 radical (unpaired) electrons. The average molecular weight is 907 g/mol. The number of esters is 1. The molecule has 0 amide bonds. The number of benzene rings is 4. The summed E-state index contributed by atoms with van der Waals surface area (Å²) >= 11 is 0.781. The van der Waals surface area contributed by atoms with Crippen LogP contribution in [0.2, 0.25) is 0 Å². The predicted octanol–water partition coefficient (Wildman–Crippen LogP) is 9.38. The Hall–Kier alpha value is -4.93. The molecule has 6 aromatic rings. The molecular formula is C46H49F3N4O6S3. The standard InChI is InChI=1S/C46H49F3N4O6S3/c1-28-12-15-33(16-13-28)62(57,58)53-22-18-34-35-19-23-61(55,56)27-45(3,4)20-9-21-46(5,31-11-8-10-30(25-31)24-29(2)43(54)59-7)44-50-42(52(6)51-44)36-26-32(14-17-37(36)47)60-41(35)39(49)38(48)40(34)53/h8,10-18,22,25-26,29H,9,19-21,23-24,27H2,1-7H3/t29-,46+/m0/s1. The predicted molar refractivity (Wildman–Crippen MR) is 234 cm³/mol. The van der Waals surface area contributed by atoms with Crippen LogP contribution >= 0.6 is 11.8 Å².